The molecule has 1 fully saturated rings. The minimum Gasteiger partial charge on any atom is -0.495 e. The number of ether oxygens (including phenoxy) is 1. The highest BCUT2D eigenvalue weighted by Gasteiger charge is 2.27. The van der Waals surface area contributed by atoms with Crippen LogP contribution in [0.15, 0.2) is 18.2 Å². The molecule has 0 spiro atoms. The van der Waals surface area contributed by atoms with Gasteiger partial charge in [0, 0.05) is 24.4 Å². The Bertz CT molecular complexity index is 1190. The van der Waals surface area contributed by atoms with Crippen molar-refractivity contribution < 1.29 is 4.74 Å². The highest BCUT2D eigenvalue weighted by atomic mass is 16.5. The van der Waals surface area contributed by atoms with Gasteiger partial charge in [-0.1, -0.05) is 0 Å². The Hall–Kier alpha value is -3.29. The van der Waals surface area contributed by atoms with Crippen molar-refractivity contribution in [3.05, 3.63) is 29.7 Å². The minimum atomic E-state index is 0.580. The molecule has 1 aromatic carbocycles. The number of aromatic amines is 1. The van der Waals surface area contributed by atoms with Gasteiger partial charge in [-0.15, -0.1) is 0 Å². The number of nitrogens with two attached hydrogens (primary N) is 1. The first-order valence-electron chi connectivity index (χ1n) is 8.98. The lowest BCUT2D eigenvalue weighted by Crippen LogP contribution is -2.03. The Morgan fingerprint density at radius 3 is 2.81 bits per heavy atom. The number of benzene rings is 1. The second kappa shape index (κ2) is 5.60. The molecule has 8 nitrogen and oxygen atoms in total. The summed E-state index contributed by atoms with van der Waals surface area (Å²) in [6, 6.07) is 5.89. The topological polar surface area (TPSA) is 107 Å². The fourth-order valence-corrected chi connectivity index (χ4v) is 3.53. The lowest BCUT2D eigenvalue weighted by atomic mass is 10.1. The number of hydrogen-bond acceptors (Lipinski definition) is 6. The van der Waals surface area contributed by atoms with Gasteiger partial charge in [0.25, 0.3) is 0 Å². The van der Waals surface area contributed by atoms with Gasteiger partial charge in [0.2, 0.25) is 0 Å². The summed E-state index contributed by atoms with van der Waals surface area (Å²) >= 11 is 0. The van der Waals surface area contributed by atoms with Crippen molar-refractivity contribution in [2.75, 3.05) is 18.2 Å². The molecule has 1 saturated carbocycles. The molecule has 0 atom stereocenters. The molecule has 0 saturated heterocycles. The van der Waals surface area contributed by atoms with Crippen molar-refractivity contribution in [1.29, 1.82) is 0 Å². The Kier molecular flexibility index (Phi) is 3.30. The quantitative estimate of drug-likeness (QED) is 0.480. The van der Waals surface area contributed by atoms with Gasteiger partial charge in [-0.3, -0.25) is 4.68 Å². The summed E-state index contributed by atoms with van der Waals surface area (Å²) in [5, 5.41) is 9.94. The number of nitrogens with one attached hydrogen (secondary N) is 2. The summed E-state index contributed by atoms with van der Waals surface area (Å²) in [7, 11) is 3.56. The van der Waals surface area contributed by atoms with Crippen LogP contribution in [0.4, 0.5) is 17.3 Å². The molecule has 138 valence electrons. The zero-order chi connectivity index (χ0) is 18.7. The van der Waals surface area contributed by atoms with Crippen molar-refractivity contribution in [1.82, 2.24) is 24.7 Å². The molecule has 3 heterocycles. The van der Waals surface area contributed by atoms with Gasteiger partial charge in [0.1, 0.15) is 28.9 Å². The molecule has 0 amide bonds. The van der Waals surface area contributed by atoms with Crippen LogP contribution in [-0.4, -0.2) is 31.8 Å². The molecule has 1 aliphatic carbocycles. The fraction of sp³-hybridized carbons (Fsp3) is 0.316. The molecule has 3 aromatic heterocycles. The van der Waals surface area contributed by atoms with E-state index in [1.54, 1.807) is 7.11 Å². The zero-order valence-corrected chi connectivity index (χ0v) is 15.5. The van der Waals surface area contributed by atoms with Crippen molar-refractivity contribution in [3.8, 4) is 5.75 Å². The lowest BCUT2D eigenvalue weighted by molar-refractivity contribution is 0.417. The number of aromatic nitrogens is 5. The number of hydrogen-bond donors (Lipinski definition) is 3. The van der Waals surface area contributed by atoms with E-state index in [1.165, 1.54) is 12.8 Å². The third kappa shape index (κ3) is 2.56. The summed E-state index contributed by atoms with van der Waals surface area (Å²) in [6.45, 7) is 1.88. The van der Waals surface area contributed by atoms with Crippen LogP contribution in [-0.2, 0) is 7.05 Å². The molecule has 27 heavy (non-hydrogen) atoms. The van der Waals surface area contributed by atoms with E-state index in [2.05, 4.69) is 31.4 Å². The van der Waals surface area contributed by atoms with Crippen LogP contribution in [0.1, 0.15) is 30.3 Å². The highest BCUT2D eigenvalue weighted by molar-refractivity contribution is 6.12. The van der Waals surface area contributed by atoms with E-state index in [1.807, 2.05) is 30.8 Å². The molecule has 8 heteroatoms. The van der Waals surface area contributed by atoms with E-state index in [9.17, 15) is 0 Å². The number of nitrogens with zero attached hydrogens (tertiary/aromatic N) is 4. The highest BCUT2D eigenvalue weighted by Crippen LogP contribution is 2.41. The van der Waals surface area contributed by atoms with E-state index in [0.29, 0.717) is 23.2 Å². The van der Waals surface area contributed by atoms with E-state index < -0.39 is 0 Å². The van der Waals surface area contributed by atoms with Gasteiger partial charge in [0.05, 0.1) is 29.4 Å². The van der Waals surface area contributed by atoms with Crippen molar-refractivity contribution >= 4 is 39.3 Å². The number of aryl methyl sites for hydroxylation is 2. The van der Waals surface area contributed by atoms with Gasteiger partial charge in [-0.2, -0.15) is 5.10 Å². The summed E-state index contributed by atoms with van der Waals surface area (Å²) in [6.07, 6.45) is 2.44. The molecule has 4 N–H and O–H groups in total. The second-order valence-electron chi connectivity index (χ2n) is 7.09. The van der Waals surface area contributed by atoms with Crippen molar-refractivity contribution in [3.63, 3.8) is 0 Å². The monoisotopic (exact) mass is 363 g/mol. The van der Waals surface area contributed by atoms with Crippen LogP contribution in [0.5, 0.6) is 5.75 Å². The normalized spacial score (nSPS) is 14.2. The van der Waals surface area contributed by atoms with Gasteiger partial charge in [-0.05, 0) is 31.9 Å². The standard InChI is InChI=1S/C19H21N7O/c1-9-21-18-17(11-6-15(27-3)12(20)7-14(11)23-18)19(22-9)24-16-8-13(10-4-5-10)25-26(16)2/h6-8,10H,4-5,20H2,1-3H3,(H2,21,22,23,24). The third-order valence-electron chi connectivity index (χ3n) is 5.05. The molecule has 4 aromatic rings. The summed E-state index contributed by atoms with van der Waals surface area (Å²) in [5.41, 5.74) is 9.43. The predicted octanol–water partition coefficient (Wildman–Crippen LogP) is 3.36. The van der Waals surface area contributed by atoms with Crippen LogP contribution in [0.2, 0.25) is 0 Å². The first-order valence-corrected chi connectivity index (χ1v) is 8.98. The van der Waals surface area contributed by atoms with Crippen LogP contribution >= 0.6 is 0 Å². The van der Waals surface area contributed by atoms with Gasteiger partial charge < -0.3 is 20.8 Å². The SMILES string of the molecule is COc1cc2c(cc1N)[nH]c1nc(C)nc(Nc3cc(C4CC4)nn3C)c12. The second-order valence-corrected chi connectivity index (χ2v) is 7.09. The van der Waals surface area contributed by atoms with E-state index in [-0.39, 0.29) is 0 Å². The van der Waals surface area contributed by atoms with Crippen LogP contribution in [0, 0.1) is 6.92 Å². The maximum absolute atomic E-state index is 6.06. The number of nitrogen functional groups attached to an aromatic ring is 1. The molecule has 0 aliphatic heterocycles. The van der Waals surface area contributed by atoms with E-state index in [0.717, 1.165) is 39.3 Å². The zero-order valence-electron chi connectivity index (χ0n) is 15.5. The molecule has 0 unspecified atom stereocenters. The lowest BCUT2D eigenvalue weighted by Gasteiger charge is -2.08. The summed E-state index contributed by atoms with van der Waals surface area (Å²) in [4.78, 5) is 12.5. The first kappa shape index (κ1) is 15.9. The number of H-pyrrole nitrogens is 1. The number of anilines is 3. The third-order valence-corrected chi connectivity index (χ3v) is 5.05. The minimum absolute atomic E-state index is 0.580. The fourth-order valence-electron chi connectivity index (χ4n) is 3.53. The van der Waals surface area contributed by atoms with Gasteiger partial charge >= 0.3 is 0 Å². The number of fused-ring (bicyclic) bond motifs is 3. The van der Waals surface area contributed by atoms with Crippen LogP contribution in [0.25, 0.3) is 21.9 Å². The predicted molar refractivity (Wildman–Crippen MR) is 106 cm³/mol. The van der Waals surface area contributed by atoms with Crippen molar-refractivity contribution in [2.45, 2.75) is 25.7 Å². The van der Waals surface area contributed by atoms with Gasteiger partial charge in [-0.25, -0.2) is 9.97 Å². The smallest absolute Gasteiger partial charge is 0.145 e. The van der Waals surface area contributed by atoms with E-state index >= 15 is 0 Å². The van der Waals surface area contributed by atoms with E-state index in [4.69, 9.17) is 10.5 Å². The Balaban J connectivity index is 1.69. The molecular formula is C19H21N7O. The summed E-state index contributed by atoms with van der Waals surface area (Å²) in [5.74, 6) is 3.56. The van der Waals surface area contributed by atoms with Crippen LogP contribution < -0.4 is 15.8 Å². The maximum atomic E-state index is 6.06. The molecule has 0 bridgehead atoms. The number of rotatable bonds is 4. The number of methoxy groups -OCH3 is 1. The molecule has 1 aliphatic rings. The Morgan fingerprint density at radius 2 is 2.07 bits per heavy atom. The molecular weight excluding hydrogens is 342 g/mol. The first-order chi connectivity index (χ1) is 13.0. The average Bonchev–Trinajstić information content (AvgIpc) is 3.33. The van der Waals surface area contributed by atoms with Crippen LogP contribution in [0.3, 0.4) is 0 Å². The summed E-state index contributed by atoms with van der Waals surface area (Å²) < 4.78 is 7.26. The molecule has 0 radical (unpaired) electrons. The Morgan fingerprint density at radius 1 is 1.26 bits per heavy atom. The average molecular weight is 363 g/mol. The maximum Gasteiger partial charge on any atom is 0.145 e. The largest absolute Gasteiger partial charge is 0.495 e. The Labute approximate surface area is 155 Å². The van der Waals surface area contributed by atoms with Crippen molar-refractivity contribution in [2.24, 2.45) is 7.05 Å². The van der Waals surface area contributed by atoms with Gasteiger partial charge in [0.15, 0.2) is 0 Å². The molecule has 5 rings (SSSR count).